The first kappa shape index (κ1) is 26.7. The van der Waals surface area contributed by atoms with E-state index in [9.17, 15) is 9.59 Å². The van der Waals surface area contributed by atoms with Gasteiger partial charge in [0.05, 0.1) is 25.0 Å². The third kappa shape index (κ3) is 12.4. The van der Waals surface area contributed by atoms with Gasteiger partial charge in [-0.1, -0.05) is 103 Å². The summed E-state index contributed by atoms with van der Waals surface area (Å²) in [7, 11) is 0. The van der Waals surface area contributed by atoms with Crippen molar-refractivity contribution in [1.82, 2.24) is 0 Å². The summed E-state index contributed by atoms with van der Waals surface area (Å²) in [6, 6.07) is 0. The van der Waals surface area contributed by atoms with Crippen LogP contribution >= 0.6 is 0 Å². The van der Waals surface area contributed by atoms with Gasteiger partial charge in [0.2, 0.25) is 0 Å². The van der Waals surface area contributed by atoms with E-state index in [2.05, 4.69) is 13.8 Å². The highest BCUT2D eigenvalue weighted by Crippen LogP contribution is 2.28. The Bertz CT molecular complexity index is 430. The number of hydrogen-bond acceptors (Lipinski definition) is 4. The van der Waals surface area contributed by atoms with Gasteiger partial charge in [-0.05, 0) is 25.7 Å². The Morgan fingerprint density at radius 1 is 0.600 bits per heavy atom. The maximum absolute atomic E-state index is 12.5. The van der Waals surface area contributed by atoms with Crippen molar-refractivity contribution in [2.45, 2.75) is 117 Å². The van der Waals surface area contributed by atoms with Crippen LogP contribution in [0.15, 0.2) is 12.2 Å². The molecule has 2 atom stereocenters. The lowest BCUT2D eigenvalue weighted by Crippen LogP contribution is -2.34. The van der Waals surface area contributed by atoms with Gasteiger partial charge in [-0.15, -0.1) is 0 Å². The average molecular weight is 423 g/mol. The predicted octanol–water partition coefficient (Wildman–Crippen LogP) is 7.16. The van der Waals surface area contributed by atoms with E-state index in [0.717, 1.165) is 25.7 Å². The fraction of sp³-hybridized carbons (Fsp3) is 0.846. The lowest BCUT2D eigenvalue weighted by Gasteiger charge is -2.25. The molecule has 2 unspecified atom stereocenters. The Hall–Kier alpha value is -1.32. The van der Waals surface area contributed by atoms with E-state index >= 15 is 0 Å². The maximum atomic E-state index is 12.5. The average Bonchev–Trinajstić information content (AvgIpc) is 2.77. The number of carbonyl (C=O) groups is 2. The van der Waals surface area contributed by atoms with Crippen LogP contribution in [0.3, 0.4) is 0 Å². The monoisotopic (exact) mass is 422 g/mol. The molecule has 0 aromatic carbocycles. The molecule has 4 nitrogen and oxygen atoms in total. The number of rotatable bonds is 18. The molecule has 0 aromatic heterocycles. The van der Waals surface area contributed by atoms with Crippen molar-refractivity contribution in [2.75, 3.05) is 13.2 Å². The van der Waals surface area contributed by atoms with Crippen LogP contribution < -0.4 is 0 Å². The second kappa shape index (κ2) is 18.4. The van der Waals surface area contributed by atoms with Gasteiger partial charge in [0.1, 0.15) is 0 Å². The second-order valence-corrected chi connectivity index (χ2v) is 8.73. The highest BCUT2D eigenvalue weighted by molar-refractivity contribution is 5.82. The standard InChI is InChI=1S/C26H46O4/c1-3-5-7-9-11-13-17-21-29-25(27)23-19-15-16-20-24(23)26(28)30-22-18-14-12-10-8-6-4-2/h15-16,23-24H,3-14,17-22H2,1-2H3. The lowest BCUT2D eigenvalue weighted by atomic mass is 9.83. The molecule has 0 N–H and O–H groups in total. The topological polar surface area (TPSA) is 52.6 Å². The molecule has 0 aliphatic heterocycles. The molecule has 0 fully saturated rings. The van der Waals surface area contributed by atoms with Crippen LogP contribution in [0.2, 0.25) is 0 Å². The Morgan fingerprint density at radius 2 is 0.933 bits per heavy atom. The minimum atomic E-state index is -0.388. The van der Waals surface area contributed by atoms with Crippen LogP contribution in [-0.4, -0.2) is 25.2 Å². The highest BCUT2D eigenvalue weighted by atomic mass is 16.5. The first-order valence-electron chi connectivity index (χ1n) is 12.7. The molecule has 30 heavy (non-hydrogen) atoms. The minimum Gasteiger partial charge on any atom is -0.465 e. The van der Waals surface area contributed by atoms with E-state index in [-0.39, 0.29) is 23.8 Å². The summed E-state index contributed by atoms with van der Waals surface area (Å²) < 4.78 is 11.0. The molecule has 0 spiro atoms. The molecule has 4 heteroatoms. The van der Waals surface area contributed by atoms with Gasteiger partial charge in [0.15, 0.2) is 0 Å². The molecular weight excluding hydrogens is 376 g/mol. The Balaban J connectivity index is 2.20. The van der Waals surface area contributed by atoms with Gasteiger partial charge in [0.25, 0.3) is 0 Å². The molecule has 0 bridgehead atoms. The predicted molar refractivity (Wildman–Crippen MR) is 123 cm³/mol. The van der Waals surface area contributed by atoms with Crippen molar-refractivity contribution in [2.24, 2.45) is 11.8 Å². The summed E-state index contributed by atoms with van der Waals surface area (Å²) in [5.41, 5.74) is 0. The number of ether oxygens (including phenoxy) is 2. The van der Waals surface area contributed by atoms with Crippen molar-refractivity contribution >= 4 is 11.9 Å². The van der Waals surface area contributed by atoms with Crippen LogP contribution in [0.1, 0.15) is 117 Å². The van der Waals surface area contributed by atoms with Crippen LogP contribution in [0, 0.1) is 11.8 Å². The Kier molecular flexibility index (Phi) is 16.4. The summed E-state index contributed by atoms with van der Waals surface area (Å²) in [6.45, 7) is 5.37. The van der Waals surface area contributed by atoms with Crippen LogP contribution in [0.25, 0.3) is 0 Å². The van der Waals surface area contributed by atoms with Crippen molar-refractivity contribution in [3.05, 3.63) is 12.2 Å². The molecule has 1 aliphatic rings. The zero-order valence-electron chi connectivity index (χ0n) is 19.7. The van der Waals surface area contributed by atoms with E-state index in [4.69, 9.17) is 9.47 Å². The smallest absolute Gasteiger partial charge is 0.310 e. The summed E-state index contributed by atoms with van der Waals surface area (Å²) >= 11 is 0. The largest absolute Gasteiger partial charge is 0.465 e. The summed E-state index contributed by atoms with van der Waals surface area (Å²) in [4.78, 5) is 25.0. The summed E-state index contributed by atoms with van der Waals surface area (Å²) in [5, 5.41) is 0. The minimum absolute atomic E-state index is 0.233. The number of hydrogen-bond donors (Lipinski definition) is 0. The molecule has 0 radical (unpaired) electrons. The summed E-state index contributed by atoms with van der Waals surface area (Å²) in [5.74, 6) is -1.24. The van der Waals surface area contributed by atoms with E-state index in [1.54, 1.807) is 0 Å². The first-order chi connectivity index (χ1) is 14.7. The highest BCUT2D eigenvalue weighted by Gasteiger charge is 2.36. The SMILES string of the molecule is CCCCCCCCCOC(=O)C1CC=CCC1C(=O)OCCCCCCCCC. The second-order valence-electron chi connectivity index (χ2n) is 8.73. The van der Waals surface area contributed by atoms with Crippen LogP contribution in [0.4, 0.5) is 0 Å². The van der Waals surface area contributed by atoms with E-state index in [1.807, 2.05) is 12.2 Å². The number of esters is 2. The van der Waals surface area contributed by atoms with Gasteiger partial charge in [0, 0.05) is 0 Å². The lowest BCUT2D eigenvalue weighted by molar-refractivity contribution is -0.161. The zero-order chi connectivity index (χ0) is 21.9. The van der Waals surface area contributed by atoms with Gasteiger partial charge in [-0.3, -0.25) is 9.59 Å². The maximum Gasteiger partial charge on any atom is 0.310 e. The van der Waals surface area contributed by atoms with Gasteiger partial charge in [-0.2, -0.15) is 0 Å². The molecule has 0 saturated carbocycles. The summed E-state index contributed by atoms with van der Waals surface area (Å²) in [6.07, 6.45) is 21.8. The van der Waals surface area contributed by atoms with Crippen molar-refractivity contribution < 1.29 is 19.1 Å². The normalized spacial score (nSPS) is 18.3. The molecule has 1 rings (SSSR count). The molecule has 0 aromatic rings. The fourth-order valence-electron chi connectivity index (χ4n) is 4.01. The number of carbonyl (C=O) groups excluding carboxylic acids is 2. The quantitative estimate of drug-likeness (QED) is 0.134. The van der Waals surface area contributed by atoms with Gasteiger partial charge < -0.3 is 9.47 Å². The third-order valence-electron chi connectivity index (χ3n) is 6.02. The van der Waals surface area contributed by atoms with E-state index < -0.39 is 0 Å². The fourth-order valence-corrected chi connectivity index (χ4v) is 4.01. The van der Waals surface area contributed by atoms with Crippen molar-refractivity contribution in [3.8, 4) is 0 Å². The zero-order valence-corrected chi connectivity index (χ0v) is 19.7. The molecular formula is C26H46O4. The van der Waals surface area contributed by atoms with Gasteiger partial charge >= 0.3 is 11.9 Å². The first-order valence-corrected chi connectivity index (χ1v) is 12.7. The Labute approximate surface area is 185 Å². The molecule has 0 amide bonds. The number of unbranched alkanes of at least 4 members (excludes halogenated alkanes) is 12. The van der Waals surface area contributed by atoms with Gasteiger partial charge in [-0.25, -0.2) is 0 Å². The molecule has 0 heterocycles. The molecule has 0 saturated heterocycles. The Morgan fingerprint density at radius 3 is 1.30 bits per heavy atom. The van der Waals surface area contributed by atoms with Crippen LogP contribution in [-0.2, 0) is 19.1 Å². The molecule has 174 valence electrons. The van der Waals surface area contributed by atoms with Crippen molar-refractivity contribution in [1.29, 1.82) is 0 Å². The molecule has 1 aliphatic carbocycles. The van der Waals surface area contributed by atoms with E-state index in [1.165, 1.54) is 64.2 Å². The van der Waals surface area contributed by atoms with Crippen molar-refractivity contribution in [3.63, 3.8) is 0 Å². The van der Waals surface area contributed by atoms with E-state index in [0.29, 0.717) is 26.1 Å². The number of allylic oxidation sites excluding steroid dienone is 2. The van der Waals surface area contributed by atoms with Crippen LogP contribution in [0.5, 0.6) is 0 Å². The third-order valence-corrected chi connectivity index (χ3v) is 6.02.